The molecular formula is C28H46O4. The normalized spacial score (nSPS) is 11.0. The standard InChI is InChI=1S/C28H46O4/c1-4-5-6-7-8-9-10-11-12-13-14-15-16-17-20-23-31-27(29)28(30)32-26-22-19-18-21-25(26)24(2)3/h18-19,21-22,24H,4-17,20,23H2,1-3H3. The molecule has 0 aliphatic carbocycles. The zero-order valence-electron chi connectivity index (χ0n) is 20.8. The number of hydrogen-bond donors (Lipinski definition) is 0. The second-order valence-electron chi connectivity index (χ2n) is 9.17. The van der Waals surface area contributed by atoms with E-state index in [-0.39, 0.29) is 12.5 Å². The Hall–Kier alpha value is -1.84. The fourth-order valence-corrected chi connectivity index (χ4v) is 3.89. The number of carbonyl (C=O) groups is 2. The van der Waals surface area contributed by atoms with Gasteiger partial charge < -0.3 is 9.47 Å². The van der Waals surface area contributed by atoms with Crippen LogP contribution in [0.4, 0.5) is 0 Å². The summed E-state index contributed by atoms with van der Waals surface area (Å²) < 4.78 is 10.3. The Balaban J connectivity index is 1.96. The molecule has 0 saturated heterocycles. The first-order valence-corrected chi connectivity index (χ1v) is 13.0. The van der Waals surface area contributed by atoms with Crippen LogP contribution in [0.25, 0.3) is 0 Å². The third kappa shape index (κ3) is 13.5. The fourth-order valence-electron chi connectivity index (χ4n) is 3.89. The maximum Gasteiger partial charge on any atom is 0.422 e. The van der Waals surface area contributed by atoms with Crippen LogP contribution in [0.1, 0.15) is 129 Å². The molecule has 0 atom stereocenters. The maximum absolute atomic E-state index is 12.0. The number of esters is 2. The average molecular weight is 447 g/mol. The van der Waals surface area contributed by atoms with Crippen molar-refractivity contribution in [1.29, 1.82) is 0 Å². The molecule has 0 heterocycles. The highest BCUT2D eigenvalue weighted by molar-refractivity contribution is 6.30. The van der Waals surface area contributed by atoms with Crippen molar-refractivity contribution in [3.8, 4) is 5.75 Å². The van der Waals surface area contributed by atoms with Crippen molar-refractivity contribution in [2.75, 3.05) is 6.61 Å². The van der Waals surface area contributed by atoms with Crippen molar-refractivity contribution >= 4 is 11.9 Å². The Kier molecular flexibility index (Phi) is 16.5. The molecule has 0 spiro atoms. The first kappa shape index (κ1) is 28.2. The molecule has 4 nitrogen and oxygen atoms in total. The molecule has 0 amide bonds. The minimum atomic E-state index is -0.945. The Morgan fingerprint density at radius 2 is 1.16 bits per heavy atom. The lowest BCUT2D eigenvalue weighted by Gasteiger charge is -2.12. The molecule has 0 fully saturated rings. The van der Waals surface area contributed by atoms with Gasteiger partial charge in [-0.3, -0.25) is 0 Å². The van der Waals surface area contributed by atoms with Crippen LogP contribution >= 0.6 is 0 Å². The smallest absolute Gasteiger partial charge is 0.422 e. The molecule has 32 heavy (non-hydrogen) atoms. The van der Waals surface area contributed by atoms with Gasteiger partial charge in [-0.2, -0.15) is 0 Å². The highest BCUT2D eigenvalue weighted by atomic mass is 16.6. The van der Waals surface area contributed by atoms with E-state index in [4.69, 9.17) is 9.47 Å². The lowest BCUT2D eigenvalue weighted by molar-refractivity contribution is -0.162. The fraction of sp³-hybridized carbons (Fsp3) is 0.714. The van der Waals surface area contributed by atoms with Crippen LogP contribution in [-0.2, 0) is 14.3 Å². The predicted molar refractivity (Wildman–Crippen MR) is 132 cm³/mol. The Morgan fingerprint density at radius 1 is 0.688 bits per heavy atom. The summed E-state index contributed by atoms with van der Waals surface area (Å²) >= 11 is 0. The van der Waals surface area contributed by atoms with Gasteiger partial charge in [-0.1, -0.05) is 129 Å². The second kappa shape index (κ2) is 18.7. The topological polar surface area (TPSA) is 52.6 Å². The molecule has 0 aromatic heterocycles. The Morgan fingerprint density at radius 3 is 1.66 bits per heavy atom. The van der Waals surface area contributed by atoms with Crippen molar-refractivity contribution in [1.82, 2.24) is 0 Å². The molecule has 1 rings (SSSR count). The minimum Gasteiger partial charge on any atom is -0.457 e. The summed E-state index contributed by atoms with van der Waals surface area (Å²) in [6, 6.07) is 7.28. The first-order valence-electron chi connectivity index (χ1n) is 13.0. The monoisotopic (exact) mass is 446 g/mol. The van der Waals surface area contributed by atoms with Crippen LogP contribution in [0.2, 0.25) is 0 Å². The number of ether oxygens (including phenoxy) is 2. The van der Waals surface area contributed by atoms with Gasteiger partial charge in [0.05, 0.1) is 6.61 Å². The van der Waals surface area contributed by atoms with Crippen molar-refractivity contribution in [2.24, 2.45) is 0 Å². The third-order valence-corrected chi connectivity index (χ3v) is 5.89. The minimum absolute atomic E-state index is 0.204. The van der Waals surface area contributed by atoms with Gasteiger partial charge in [0, 0.05) is 0 Å². The molecule has 0 N–H and O–H groups in total. The summed E-state index contributed by atoms with van der Waals surface area (Å²) in [6.07, 6.45) is 19.3. The van der Waals surface area contributed by atoms with Crippen molar-refractivity contribution in [3.05, 3.63) is 29.8 Å². The molecule has 0 aliphatic rings. The summed E-state index contributed by atoms with van der Waals surface area (Å²) in [4.78, 5) is 23.9. The molecular weight excluding hydrogens is 400 g/mol. The van der Waals surface area contributed by atoms with Gasteiger partial charge in [0.1, 0.15) is 5.75 Å². The highest BCUT2D eigenvalue weighted by Gasteiger charge is 2.20. The van der Waals surface area contributed by atoms with Gasteiger partial charge >= 0.3 is 11.9 Å². The number of unbranched alkanes of at least 4 members (excludes halogenated alkanes) is 14. The summed E-state index contributed by atoms with van der Waals surface area (Å²) in [6.45, 7) is 6.57. The predicted octanol–water partition coefficient (Wildman–Crippen LogP) is 8.13. The van der Waals surface area contributed by atoms with Gasteiger partial charge in [0.15, 0.2) is 0 Å². The van der Waals surface area contributed by atoms with E-state index in [1.807, 2.05) is 26.0 Å². The van der Waals surface area contributed by atoms with E-state index >= 15 is 0 Å². The van der Waals surface area contributed by atoms with E-state index in [0.29, 0.717) is 5.75 Å². The molecule has 0 saturated carbocycles. The van der Waals surface area contributed by atoms with Crippen LogP contribution in [0.15, 0.2) is 24.3 Å². The average Bonchev–Trinajstić information content (AvgIpc) is 2.78. The molecule has 0 bridgehead atoms. The summed E-state index contributed by atoms with van der Waals surface area (Å²) in [5.74, 6) is -1.22. The number of para-hydroxylation sites is 1. The lowest BCUT2D eigenvalue weighted by atomic mass is 10.0. The zero-order valence-corrected chi connectivity index (χ0v) is 20.8. The zero-order chi connectivity index (χ0) is 23.4. The van der Waals surface area contributed by atoms with Gasteiger partial charge in [0.25, 0.3) is 0 Å². The number of carbonyl (C=O) groups excluding carboxylic acids is 2. The van der Waals surface area contributed by atoms with Crippen LogP contribution in [0.3, 0.4) is 0 Å². The van der Waals surface area contributed by atoms with Gasteiger partial charge in [0.2, 0.25) is 0 Å². The first-order chi connectivity index (χ1) is 15.6. The van der Waals surface area contributed by atoms with E-state index in [0.717, 1.165) is 24.8 Å². The highest BCUT2D eigenvalue weighted by Crippen LogP contribution is 2.26. The van der Waals surface area contributed by atoms with E-state index in [9.17, 15) is 9.59 Å². The third-order valence-electron chi connectivity index (χ3n) is 5.89. The van der Waals surface area contributed by atoms with E-state index in [2.05, 4.69) is 6.92 Å². The van der Waals surface area contributed by atoms with E-state index < -0.39 is 11.9 Å². The molecule has 0 aliphatic heterocycles. The quantitative estimate of drug-likeness (QED) is 0.0988. The van der Waals surface area contributed by atoms with E-state index in [1.54, 1.807) is 12.1 Å². The van der Waals surface area contributed by atoms with Crippen molar-refractivity contribution in [3.63, 3.8) is 0 Å². The van der Waals surface area contributed by atoms with Crippen LogP contribution in [0, 0.1) is 0 Å². The number of benzene rings is 1. The largest absolute Gasteiger partial charge is 0.457 e. The number of hydrogen-bond acceptors (Lipinski definition) is 4. The number of rotatable bonds is 18. The van der Waals surface area contributed by atoms with Crippen LogP contribution < -0.4 is 4.74 Å². The van der Waals surface area contributed by atoms with Crippen LogP contribution in [-0.4, -0.2) is 18.5 Å². The van der Waals surface area contributed by atoms with Gasteiger partial charge in [-0.05, 0) is 24.0 Å². The van der Waals surface area contributed by atoms with Gasteiger partial charge in [-0.25, -0.2) is 9.59 Å². The Bertz CT molecular complexity index is 624. The second-order valence-corrected chi connectivity index (χ2v) is 9.17. The Labute approximate surface area is 196 Å². The van der Waals surface area contributed by atoms with Crippen molar-refractivity contribution in [2.45, 2.75) is 123 Å². The summed E-state index contributed by atoms with van der Waals surface area (Å²) in [7, 11) is 0. The molecule has 1 aromatic carbocycles. The van der Waals surface area contributed by atoms with Crippen LogP contribution in [0.5, 0.6) is 5.75 Å². The molecule has 0 unspecified atom stereocenters. The SMILES string of the molecule is CCCCCCCCCCCCCCCCCOC(=O)C(=O)Oc1ccccc1C(C)C. The molecule has 4 heteroatoms. The van der Waals surface area contributed by atoms with Crippen molar-refractivity contribution < 1.29 is 19.1 Å². The maximum atomic E-state index is 12.0. The summed E-state index contributed by atoms with van der Waals surface area (Å²) in [5.41, 5.74) is 0.899. The lowest BCUT2D eigenvalue weighted by Crippen LogP contribution is -2.24. The molecule has 0 radical (unpaired) electrons. The summed E-state index contributed by atoms with van der Waals surface area (Å²) in [5, 5.41) is 0. The molecule has 182 valence electrons. The molecule has 1 aromatic rings. The van der Waals surface area contributed by atoms with E-state index in [1.165, 1.54) is 77.0 Å². The van der Waals surface area contributed by atoms with Gasteiger partial charge in [-0.15, -0.1) is 0 Å².